The number of amides is 1. The van der Waals surface area contributed by atoms with E-state index in [2.05, 4.69) is 5.32 Å². The van der Waals surface area contributed by atoms with Crippen molar-refractivity contribution in [2.24, 2.45) is 0 Å². The number of carbonyl (C=O) groups excluding carboxylic acids is 2. The van der Waals surface area contributed by atoms with Crippen LogP contribution in [0.3, 0.4) is 0 Å². The van der Waals surface area contributed by atoms with Gasteiger partial charge in [0.05, 0.1) is 12.7 Å². The minimum Gasteiger partial charge on any atom is -0.496 e. The lowest BCUT2D eigenvalue weighted by atomic mass is 10.1. The van der Waals surface area contributed by atoms with E-state index in [-0.39, 0.29) is 17.3 Å². The molecule has 0 aromatic heterocycles. The molecule has 0 bridgehead atoms. The molecule has 0 aliphatic heterocycles. The number of rotatable bonds is 5. The van der Waals surface area contributed by atoms with Gasteiger partial charge in [-0.25, -0.2) is 4.39 Å². The molecule has 0 atom stereocenters. The highest BCUT2D eigenvalue weighted by atomic mass is 19.1. The topological polar surface area (TPSA) is 55.4 Å². The van der Waals surface area contributed by atoms with Gasteiger partial charge in [-0.1, -0.05) is 18.2 Å². The number of nitrogens with one attached hydrogen (secondary N) is 1. The van der Waals surface area contributed by atoms with Crippen LogP contribution in [0, 0.1) is 5.82 Å². The van der Waals surface area contributed by atoms with Crippen molar-refractivity contribution in [2.45, 2.75) is 6.92 Å². The van der Waals surface area contributed by atoms with E-state index < -0.39 is 5.82 Å². The maximum Gasteiger partial charge on any atom is 0.221 e. The minimum absolute atomic E-state index is 0.151. The first-order valence-corrected chi connectivity index (χ1v) is 6.93. The summed E-state index contributed by atoms with van der Waals surface area (Å²) in [6.45, 7) is 1.43. The molecule has 0 fully saturated rings. The van der Waals surface area contributed by atoms with E-state index in [1.54, 1.807) is 30.3 Å². The first-order valence-electron chi connectivity index (χ1n) is 6.93. The van der Waals surface area contributed by atoms with Crippen LogP contribution in [-0.4, -0.2) is 18.8 Å². The van der Waals surface area contributed by atoms with Crippen molar-refractivity contribution in [3.63, 3.8) is 0 Å². The van der Waals surface area contributed by atoms with Crippen LogP contribution < -0.4 is 10.1 Å². The first-order chi connectivity index (χ1) is 11.0. The van der Waals surface area contributed by atoms with Crippen LogP contribution in [0.25, 0.3) is 6.08 Å². The summed E-state index contributed by atoms with van der Waals surface area (Å²) in [4.78, 5) is 23.1. The van der Waals surface area contributed by atoms with Gasteiger partial charge in [-0.3, -0.25) is 9.59 Å². The molecule has 23 heavy (non-hydrogen) atoms. The molecule has 0 radical (unpaired) electrons. The van der Waals surface area contributed by atoms with Crippen molar-refractivity contribution in [1.29, 1.82) is 0 Å². The second-order valence-corrected chi connectivity index (χ2v) is 4.85. The van der Waals surface area contributed by atoms with Gasteiger partial charge in [0, 0.05) is 12.6 Å². The van der Waals surface area contributed by atoms with E-state index in [1.807, 2.05) is 0 Å². The van der Waals surface area contributed by atoms with Crippen molar-refractivity contribution >= 4 is 23.5 Å². The molecule has 0 aliphatic carbocycles. The van der Waals surface area contributed by atoms with Crippen molar-refractivity contribution < 1.29 is 18.7 Å². The molecule has 4 nitrogen and oxygen atoms in total. The highest BCUT2D eigenvalue weighted by molar-refractivity contribution is 6.08. The standard InChI is InChI=1S/C18H16FNO3/c1-12(21)20-15-7-3-13(4-8-15)5-9-17(22)16-11-14(19)6-10-18(16)23-2/h3-11H,1-2H3,(H,20,21)/b9-5+. The summed E-state index contributed by atoms with van der Waals surface area (Å²) in [6.07, 6.45) is 2.97. The number of ketones is 1. The van der Waals surface area contributed by atoms with E-state index in [1.165, 1.54) is 32.2 Å². The van der Waals surface area contributed by atoms with Crippen LogP contribution in [-0.2, 0) is 4.79 Å². The quantitative estimate of drug-likeness (QED) is 0.676. The van der Waals surface area contributed by atoms with Gasteiger partial charge in [0.15, 0.2) is 5.78 Å². The SMILES string of the molecule is COc1ccc(F)cc1C(=O)/C=C/c1ccc(NC(C)=O)cc1. The number of methoxy groups -OCH3 is 1. The number of carbonyl (C=O) groups is 2. The molecule has 1 N–H and O–H groups in total. The van der Waals surface area contributed by atoms with Gasteiger partial charge in [0.1, 0.15) is 11.6 Å². The summed E-state index contributed by atoms with van der Waals surface area (Å²) < 4.78 is 18.4. The normalized spacial score (nSPS) is 10.6. The van der Waals surface area contributed by atoms with Gasteiger partial charge >= 0.3 is 0 Å². The predicted molar refractivity (Wildman–Crippen MR) is 87.1 cm³/mol. The highest BCUT2D eigenvalue weighted by Gasteiger charge is 2.10. The molecule has 0 saturated carbocycles. The van der Waals surface area contributed by atoms with E-state index in [4.69, 9.17) is 4.74 Å². The molecule has 2 aromatic carbocycles. The van der Waals surface area contributed by atoms with Crippen molar-refractivity contribution in [1.82, 2.24) is 0 Å². The zero-order chi connectivity index (χ0) is 16.8. The Hall–Kier alpha value is -2.95. The van der Waals surface area contributed by atoms with E-state index in [0.29, 0.717) is 11.4 Å². The molecule has 118 valence electrons. The van der Waals surface area contributed by atoms with Crippen molar-refractivity contribution in [3.8, 4) is 5.75 Å². The van der Waals surface area contributed by atoms with Crippen LogP contribution in [0.4, 0.5) is 10.1 Å². The van der Waals surface area contributed by atoms with Gasteiger partial charge in [0.2, 0.25) is 5.91 Å². The third-order valence-electron chi connectivity index (χ3n) is 3.09. The summed E-state index contributed by atoms with van der Waals surface area (Å²) in [5, 5.41) is 2.66. The lowest BCUT2D eigenvalue weighted by molar-refractivity contribution is -0.114. The highest BCUT2D eigenvalue weighted by Crippen LogP contribution is 2.20. The number of anilines is 1. The molecule has 2 rings (SSSR count). The first kappa shape index (κ1) is 16.4. The number of hydrogen-bond acceptors (Lipinski definition) is 3. The van der Waals surface area contributed by atoms with Gasteiger partial charge in [-0.2, -0.15) is 0 Å². The fourth-order valence-electron chi connectivity index (χ4n) is 2.02. The zero-order valence-electron chi connectivity index (χ0n) is 12.8. The second-order valence-electron chi connectivity index (χ2n) is 4.85. The Bertz CT molecular complexity index is 751. The van der Waals surface area contributed by atoms with E-state index >= 15 is 0 Å². The Morgan fingerprint density at radius 2 is 1.83 bits per heavy atom. The van der Waals surface area contributed by atoms with Gasteiger partial charge in [-0.15, -0.1) is 0 Å². The molecule has 1 amide bonds. The number of allylic oxidation sites excluding steroid dienone is 1. The smallest absolute Gasteiger partial charge is 0.221 e. The molecule has 0 aliphatic rings. The summed E-state index contributed by atoms with van der Waals surface area (Å²) in [5.74, 6) is -0.682. The third kappa shape index (κ3) is 4.51. The van der Waals surface area contributed by atoms with E-state index in [0.717, 1.165) is 11.6 Å². The predicted octanol–water partition coefficient (Wildman–Crippen LogP) is 3.69. The minimum atomic E-state index is -0.498. The Kier molecular flexibility index (Phi) is 5.25. The molecule has 5 heteroatoms. The summed E-state index contributed by atoms with van der Waals surface area (Å²) in [7, 11) is 1.43. The fourth-order valence-corrected chi connectivity index (χ4v) is 2.02. The average molecular weight is 313 g/mol. The largest absolute Gasteiger partial charge is 0.496 e. The Morgan fingerprint density at radius 3 is 2.43 bits per heavy atom. The van der Waals surface area contributed by atoms with Gasteiger partial charge in [0.25, 0.3) is 0 Å². The zero-order valence-corrected chi connectivity index (χ0v) is 12.8. The molecule has 0 heterocycles. The van der Waals surface area contributed by atoms with Crippen LogP contribution in [0.1, 0.15) is 22.8 Å². The molecular formula is C18H16FNO3. The molecule has 2 aromatic rings. The number of ether oxygens (including phenoxy) is 1. The number of benzene rings is 2. The van der Waals surface area contributed by atoms with Crippen LogP contribution >= 0.6 is 0 Å². The average Bonchev–Trinajstić information content (AvgIpc) is 2.53. The van der Waals surface area contributed by atoms with Crippen molar-refractivity contribution in [2.75, 3.05) is 12.4 Å². The summed E-state index contributed by atoms with van der Waals surface area (Å²) in [6, 6.07) is 10.8. The van der Waals surface area contributed by atoms with Crippen molar-refractivity contribution in [3.05, 3.63) is 65.5 Å². The second kappa shape index (κ2) is 7.35. The number of hydrogen-bond donors (Lipinski definition) is 1. The third-order valence-corrected chi connectivity index (χ3v) is 3.09. The van der Waals surface area contributed by atoms with Crippen LogP contribution in [0.2, 0.25) is 0 Å². The lowest BCUT2D eigenvalue weighted by Crippen LogP contribution is -2.05. The van der Waals surface area contributed by atoms with E-state index in [9.17, 15) is 14.0 Å². The number of halogens is 1. The Morgan fingerprint density at radius 1 is 1.13 bits per heavy atom. The molecular weight excluding hydrogens is 297 g/mol. The Labute approximate surface area is 133 Å². The van der Waals surface area contributed by atoms with Crippen LogP contribution in [0.5, 0.6) is 5.75 Å². The fraction of sp³-hybridized carbons (Fsp3) is 0.111. The van der Waals surface area contributed by atoms with Gasteiger partial charge in [-0.05, 0) is 42.0 Å². The Balaban J connectivity index is 2.15. The molecule has 0 saturated heterocycles. The maximum atomic E-state index is 13.3. The molecule has 0 unspecified atom stereocenters. The van der Waals surface area contributed by atoms with Crippen LogP contribution in [0.15, 0.2) is 48.5 Å². The maximum absolute atomic E-state index is 13.3. The summed E-state index contributed by atoms with van der Waals surface area (Å²) >= 11 is 0. The monoisotopic (exact) mass is 313 g/mol. The molecule has 0 spiro atoms. The van der Waals surface area contributed by atoms with Gasteiger partial charge < -0.3 is 10.1 Å². The lowest BCUT2D eigenvalue weighted by Gasteiger charge is -2.05. The summed E-state index contributed by atoms with van der Waals surface area (Å²) in [5.41, 5.74) is 1.62.